The Balaban J connectivity index is 1.69. The van der Waals surface area contributed by atoms with Gasteiger partial charge in [0.25, 0.3) is 5.91 Å². The van der Waals surface area contributed by atoms with E-state index in [1.165, 1.54) is 23.0 Å². The number of hydrogen-bond donors (Lipinski definition) is 2. The molecule has 2 N–H and O–H groups in total. The number of anilines is 1. The van der Waals surface area contributed by atoms with Gasteiger partial charge in [-0.1, -0.05) is 12.1 Å². The molecule has 0 fully saturated rings. The summed E-state index contributed by atoms with van der Waals surface area (Å²) in [6.45, 7) is 0.151. The molecular weight excluding hydrogens is 316 g/mol. The average molecular weight is 328 g/mol. The van der Waals surface area contributed by atoms with Gasteiger partial charge in [-0.05, 0) is 24.3 Å². The summed E-state index contributed by atoms with van der Waals surface area (Å²) in [6.07, 6.45) is 2.40. The molecule has 3 rings (SSSR count). The van der Waals surface area contributed by atoms with Crippen molar-refractivity contribution in [2.45, 2.75) is 6.54 Å². The number of amides is 1. The van der Waals surface area contributed by atoms with Crippen LogP contribution in [0.5, 0.6) is 5.75 Å². The van der Waals surface area contributed by atoms with Crippen LogP contribution < -0.4 is 5.32 Å². The summed E-state index contributed by atoms with van der Waals surface area (Å²) in [5.74, 6) is -0.110. The van der Waals surface area contributed by atoms with Crippen LogP contribution in [0.15, 0.2) is 53.2 Å². The zero-order valence-electron chi connectivity index (χ0n) is 12.2. The molecule has 0 spiro atoms. The van der Waals surface area contributed by atoms with Crippen LogP contribution in [0.3, 0.4) is 0 Å². The highest BCUT2D eigenvalue weighted by Gasteiger charge is 2.14. The monoisotopic (exact) mass is 328 g/mol. The van der Waals surface area contributed by atoms with E-state index in [1.807, 2.05) is 0 Å². The lowest BCUT2D eigenvalue weighted by Gasteiger charge is -2.04. The molecule has 0 bridgehead atoms. The van der Waals surface area contributed by atoms with Gasteiger partial charge in [-0.25, -0.2) is 0 Å². The van der Waals surface area contributed by atoms with Gasteiger partial charge in [-0.2, -0.15) is 5.10 Å². The second-order valence-electron chi connectivity index (χ2n) is 4.89. The van der Waals surface area contributed by atoms with E-state index >= 15 is 0 Å². The van der Waals surface area contributed by atoms with Crippen LogP contribution in [-0.4, -0.2) is 25.7 Å². The molecule has 24 heavy (non-hydrogen) atoms. The highest BCUT2D eigenvalue weighted by atomic mass is 16.6. The van der Waals surface area contributed by atoms with Crippen molar-refractivity contribution >= 4 is 17.3 Å². The third-order valence-electron chi connectivity index (χ3n) is 3.19. The first-order valence-corrected chi connectivity index (χ1v) is 6.88. The van der Waals surface area contributed by atoms with Gasteiger partial charge in [-0.3, -0.25) is 19.6 Å². The van der Waals surface area contributed by atoms with Crippen LogP contribution in [0.4, 0.5) is 11.4 Å². The molecule has 0 aliphatic carbocycles. The summed E-state index contributed by atoms with van der Waals surface area (Å²) in [6, 6.07) is 9.37. The van der Waals surface area contributed by atoms with Crippen molar-refractivity contribution in [2.75, 3.05) is 5.32 Å². The summed E-state index contributed by atoms with van der Waals surface area (Å²) < 4.78 is 6.74. The van der Waals surface area contributed by atoms with E-state index in [1.54, 1.807) is 24.3 Å². The number of nitrogens with one attached hydrogen (secondary N) is 1. The number of phenols is 1. The SMILES string of the molecule is O=C(Nc1ccccc1O)c1ccc(Cn2cc([N+](=O)[O-])cn2)o1. The number of furan rings is 1. The Bertz CT molecular complexity index is 899. The Labute approximate surface area is 135 Å². The van der Waals surface area contributed by atoms with Gasteiger partial charge in [-0.15, -0.1) is 0 Å². The van der Waals surface area contributed by atoms with E-state index in [0.29, 0.717) is 5.76 Å². The molecule has 0 radical (unpaired) electrons. The highest BCUT2D eigenvalue weighted by Crippen LogP contribution is 2.22. The minimum Gasteiger partial charge on any atom is -0.506 e. The topological polar surface area (TPSA) is 123 Å². The van der Waals surface area contributed by atoms with E-state index in [2.05, 4.69) is 10.4 Å². The van der Waals surface area contributed by atoms with Gasteiger partial charge in [0.05, 0.1) is 17.2 Å². The largest absolute Gasteiger partial charge is 0.506 e. The van der Waals surface area contributed by atoms with Crippen LogP contribution in [0.2, 0.25) is 0 Å². The summed E-state index contributed by atoms with van der Waals surface area (Å²) in [4.78, 5) is 22.2. The zero-order valence-corrected chi connectivity index (χ0v) is 12.2. The quantitative estimate of drug-likeness (QED) is 0.421. The van der Waals surface area contributed by atoms with Gasteiger partial charge in [0.15, 0.2) is 5.76 Å². The van der Waals surface area contributed by atoms with Crippen molar-refractivity contribution in [1.82, 2.24) is 9.78 Å². The number of carbonyl (C=O) groups excluding carboxylic acids is 1. The molecule has 0 unspecified atom stereocenters. The van der Waals surface area contributed by atoms with Crippen molar-refractivity contribution in [3.8, 4) is 5.75 Å². The molecule has 3 aromatic rings. The standard InChI is InChI=1S/C15H12N4O5/c20-13-4-2-1-3-12(13)17-15(21)14-6-5-11(24-14)9-18-8-10(7-16-18)19(22)23/h1-8,20H,9H2,(H,17,21). The molecule has 0 saturated heterocycles. The van der Waals surface area contributed by atoms with Gasteiger partial charge in [0.2, 0.25) is 0 Å². The number of carbonyl (C=O) groups is 1. The number of hydrogen-bond acceptors (Lipinski definition) is 6. The third-order valence-corrected chi connectivity index (χ3v) is 3.19. The van der Waals surface area contributed by atoms with E-state index in [4.69, 9.17) is 4.42 Å². The predicted octanol–water partition coefficient (Wildman–Crippen LogP) is 2.39. The van der Waals surface area contributed by atoms with Crippen LogP contribution in [-0.2, 0) is 6.54 Å². The third kappa shape index (κ3) is 3.24. The van der Waals surface area contributed by atoms with Crippen molar-refractivity contribution in [1.29, 1.82) is 0 Å². The van der Waals surface area contributed by atoms with Crippen LogP contribution in [0.1, 0.15) is 16.3 Å². The maximum atomic E-state index is 12.1. The van der Waals surface area contributed by atoms with Crippen molar-refractivity contribution in [3.63, 3.8) is 0 Å². The lowest BCUT2D eigenvalue weighted by atomic mass is 10.3. The van der Waals surface area contributed by atoms with Crippen LogP contribution >= 0.6 is 0 Å². The molecule has 2 aromatic heterocycles. The molecule has 1 aromatic carbocycles. The number of phenolic OH excluding ortho intramolecular Hbond substituents is 1. The Hall–Kier alpha value is -3.62. The summed E-state index contributed by atoms with van der Waals surface area (Å²) in [5, 5.41) is 26.6. The lowest BCUT2D eigenvalue weighted by Crippen LogP contribution is -2.11. The minimum absolute atomic E-state index is 0.0508. The van der Waals surface area contributed by atoms with Gasteiger partial charge in [0.1, 0.15) is 23.9 Å². The lowest BCUT2D eigenvalue weighted by molar-refractivity contribution is -0.385. The number of rotatable bonds is 5. The smallest absolute Gasteiger partial charge is 0.307 e. The number of benzene rings is 1. The second-order valence-corrected chi connectivity index (χ2v) is 4.89. The summed E-state index contributed by atoms with van der Waals surface area (Å²) >= 11 is 0. The van der Waals surface area contributed by atoms with E-state index in [-0.39, 0.29) is 29.4 Å². The van der Waals surface area contributed by atoms with Crippen molar-refractivity contribution < 1.29 is 19.2 Å². The van der Waals surface area contributed by atoms with E-state index in [9.17, 15) is 20.0 Å². The summed E-state index contributed by atoms with van der Waals surface area (Å²) in [5.41, 5.74) is 0.141. The molecule has 2 heterocycles. The first kappa shape index (κ1) is 15.3. The Kier molecular flexibility index (Phi) is 3.98. The molecule has 0 atom stereocenters. The normalized spacial score (nSPS) is 10.5. The van der Waals surface area contributed by atoms with Crippen molar-refractivity contribution in [2.24, 2.45) is 0 Å². The molecule has 0 aliphatic rings. The van der Waals surface area contributed by atoms with Gasteiger partial charge >= 0.3 is 5.69 Å². The molecular formula is C15H12N4O5. The highest BCUT2D eigenvalue weighted by molar-refractivity contribution is 6.03. The van der Waals surface area contributed by atoms with E-state index < -0.39 is 10.8 Å². The van der Waals surface area contributed by atoms with Crippen LogP contribution in [0, 0.1) is 10.1 Å². The molecule has 1 amide bonds. The second kappa shape index (κ2) is 6.24. The fourth-order valence-electron chi connectivity index (χ4n) is 2.04. The summed E-state index contributed by atoms with van der Waals surface area (Å²) in [7, 11) is 0. The van der Waals surface area contributed by atoms with Crippen molar-refractivity contribution in [3.05, 3.63) is 70.4 Å². The van der Waals surface area contributed by atoms with Gasteiger partial charge < -0.3 is 14.8 Å². The fraction of sp³-hybridized carbons (Fsp3) is 0.0667. The number of para-hydroxylation sites is 2. The Morgan fingerprint density at radius 2 is 2.12 bits per heavy atom. The Morgan fingerprint density at radius 3 is 2.83 bits per heavy atom. The maximum Gasteiger partial charge on any atom is 0.307 e. The fourth-order valence-corrected chi connectivity index (χ4v) is 2.04. The van der Waals surface area contributed by atoms with Gasteiger partial charge in [0, 0.05) is 0 Å². The van der Waals surface area contributed by atoms with Crippen LogP contribution in [0.25, 0.3) is 0 Å². The molecule has 9 heteroatoms. The molecule has 0 aliphatic heterocycles. The Morgan fingerprint density at radius 1 is 1.33 bits per heavy atom. The first-order valence-electron chi connectivity index (χ1n) is 6.88. The minimum atomic E-state index is -0.545. The maximum absolute atomic E-state index is 12.1. The molecule has 122 valence electrons. The molecule has 9 nitrogen and oxygen atoms in total. The number of aromatic nitrogens is 2. The average Bonchev–Trinajstić information content (AvgIpc) is 3.19. The number of nitro groups is 1. The first-order chi connectivity index (χ1) is 11.5. The zero-order chi connectivity index (χ0) is 17.1. The van der Waals surface area contributed by atoms with E-state index in [0.717, 1.165) is 6.20 Å². The molecule has 0 saturated carbocycles. The number of nitrogens with zero attached hydrogens (tertiary/aromatic N) is 3. The number of aromatic hydroxyl groups is 1. The predicted molar refractivity (Wildman–Crippen MR) is 82.8 cm³/mol.